The first kappa shape index (κ1) is 26.9. The number of fused-ring (bicyclic) bond motifs is 2. The van der Waals surface area contributed by atoms with Crippen molar-refractivity contribution in [2.45, 2.75) is 109 Å². The number of ether oxygens (including phenoxy) is 4. The summed E-state index contributed by atoms with van der Waals surface area (Å²) >= 11 is 0. The smallest absolute Gasteiger partial charge is 0.306 e. The molecule has 2 saturated heterocycles. The summed E-state index contributed by atoms with van der Waals surface area (Å²) in [5, 5.41) is 11.0. The molecule has 6 heteroatoms. The van der Waals surface area contributed by atoms with Gasteiger partial charge >= 0.3 is 5.97 Å². The predicted octanol–water partition coefficient (Wildman–Crippen LogP) is 5.03. The van der Waals surface area contributed by atoms with E-state index < -0.39 is 18.0 Å². The van der Waals surface area contributed by atoms with Gasteiger partial charge < -0.3 is 24.1 Å². The van der Waals surface area contributed by atoms with Gasteiger partial charge in [0, 0.05) is 12.8 Å². The zero-order valence-corrected chi connectivity index (χ0v) is 21.3. The summed E-state index contributed by atoms with van der Waals surface area (Å²) < 4.78 is 23.7. The molecule has 8 atom stereocenters. The number of rotatable bonds is 6. The third kappa shape index (κ3) is 8.49. The van der Waals surface area contributed by atoms with Gasteiger partial charge in [0.25, 0.3) is 0 Å². The molecule has 2 fully saturated rings. The van der Waals surface area contributed by atoms with Crippen LogP contribution in [0.15, 0.2) is 48.6 Å². The number of carbonyl (C=O) groups is 1. The van der Waals surface area contributed by atoms with E-state index >= 15 is 0 Å². The Morgan fingerprint density at radius 2 is 1.85 bits per heavy atom. The standard InChI is InChI=1S/C28H42O6/c1-6-7-8-9-11-19(2)16-21(29)25-18-26-22(31-26)14-15-24-23(33-28(4,5)34-24)13-10-12-20(3)17-27(30)32-25/h6-7,9-11,13-15,19-26,29H,8,12,16-18H2,1-5H3/b7-6+,11-9+,13-10+,15-14+/t19-,20-,21-,22-,23-,24-,25-,26-/m0/s1. The summed E-state index contributed by atoms with van der Waals surface area (Å²) in [6.07, 6.45) is 17.4. The largest absolute Gasteiger partial charge is 0.459 e. The summed E-state index contributed by atoms with van der Waals surface area (Å²) in [6, 6.07) is 0. The maximum Gasteiger partial charge on any atom is 0.306 e. The average molecular weight is 475 g/mol. The lowest BCUT2D eigenvalue weighted by Gasteiger charge is -2.25. The molecule has 0 spiro atoms. The molecule has 3 heterocycles. The number of cyclic esters (lactones) is 1. The molecule has 0 amide bonds. The van der Waals surface area contributed by atoms with E-state index in [9.17, 15) is 9.90 Å². The van der Waals surface area contributed by atoms with Crippen molar-refractivity contribution in [3.05, 3.63) is 48.6 Å². The Labute approximate surface area is 204 Å². The highest BCUT2D eigenvalue weighted by molar-refractivity contribution is 5.69. The SMILES string of the molecule is C/C=C/C/C=C/[C@H](C)C[C@H](O)[C@@H]1C[C@@H]2O[C@H]2/C=C/[C@@H]2OC(C)(C)O[C@H]2/C=C/C[C@H](C)CC(=O)O1. The van der Waals surface area contributed by atoms with Gasteiger partial charge in [0.05, 0.1) is 12.2 Å². The summed E-state index contributed by atoms with van der Waals surface area (Å²) in [7, 11) is 0. The molecule has 0 saturated carbocycles. The van der Waals surface area contributed by atoms with Crippen molar-refractivity contribution >= 4 is 5.97 Å². The Bertz CT molecular complexity index is 782. The third-order valence-electron chi connectivity index (χ3n) is 6.42. The second-order valence-electron chi connectivity index (χ2n) is 10.3. The summed E-state index contributed by atoms with van der Waals surface area (Å²) in [4.78, 5) is 12.7. The number of epoxide rings is 1. The van der Waals surface area contributed by atoms with Gasteiger partial charge in [0.1, 0.15) is 24.4 Å². The van der Waals surface area contributed by atoms with Crippen LogP contribution in [0.5, 0.6) is 0 Å². The van der Waals surface area contributed by atoms with Crippen LogP contribution in [0.4, 0.5) is 0 Å². The van der Waals surface area contributed by atoms with Crippen molar-refractivity contribution in [3.8, 4) is 0 Å². The summed E-state index contributed by atoms with van der Waals surface area (Å²) in [6.45, 7) is 9.92. The van der Waals surface area contributed by atoms with Crippen molar-refractivity contribution in [3.63, 3.8) is 0 Å². The van der Waals surface area contributed by atoms with Crippen molar-refractivity contribution < 1.29 is 28.8 Å². The second kappa shape index (κ2) is 12.3. The van der Waals surface area contributed by atoms with E-state index in [0.29, 0.717) is 19.3 Å². The molecule has 3 rings (SSSR count). The minimum absolute atomic E-state index is 0.0763. The molecule has 0 aliphatic carbocycles. The first-order valence-electron chi connectivity index (χ1n) is 12.7. The van der Waals surface area contributed by atoms with Crippen LogP contribution in [-0.4, -0.2) is 53.5 Å². The van der Waals surface area contributed by atoms with Crippen molar-refractivity contribution in [2.75, 3.05) is 0 Å². The first-order valence-corrected chi connectivity index (χ1v) is 12.7. The van der Waals surface area contributed by atoms with E-state index in [1.54, 1.807) is 0 Å². The lowest BCUT2D eigenvalue weighted by Crippen LogP contribution is -2.34. The topological polar surface area (TPSA) is 77.5 Å². The van der Waals surface area contributed by atoms with Crippen LogP contribution in [0.3, 0.4) is 0 Å². The first-order chi connectivity index (χ1) is 16.2. The molecule has 0 aromatic carbocycles. The average Bonchev–Trinajstić information content (AvgIpc) is 3.42. The van der Waals surface area contributed by atoms with Crippen molar-refractivity contribution in [1.82, 2.24) is 0 Å². The van der Waals surface area contributed by atoms with Crippen LogP contribution in [0.2, 0.25) is 0 Å². The van der Waals surface area contributed by atoms with Gasteiger partial charge in [-0.1, -0.05) is 62.5 Å². The highest BCUT2D eigenvalue weighted by Crippen LogP contribution is 2.34. The molecule has 0 unspecified atom stereocenters. The molecule has 0 radical (unpaired) electrons. The van der Waals surface area contributed by atoms with Crippen LogP contribution in [-0.2, 0) is 23.7 Å². The second-order valence-corrected chi connectivity index (χ2v) is 10.3. The van der Waals surface area contributed by atoms with Gasteiger partial charge in [0.2, 0.25) is 0 Å². The van der Waals surface area contributed by atoms with Crippen LogP contribution in [0.1, 0.15) is 66.7 Å². The predicted molar refractivity (Wildman–Crippen MR) is 132 cm³/mol. The maximum atomic E-state index is 12.7. The van der Waals surface area contributed by atoms with Gasteiger partial charge in [0.15, 0.2) is 5.79 Å². The highest BCUT2D eigenvalue weighted by atomic mass is 16.7. The molecule has 34 heavy (non-hydrogen) atoms. The zero-order chi connectivity index (χ0) is 24.7. The number of hydrogen-bond acceptors (Lipinski definition) is 6. The summed E-state index contributed by atoms with van der Waals surface area (Å²) in [5.74, 6) is -0.630. The Kier molecular flexibility index (Phi) is 9.72. The monoisotopic (exact) mass is 474 g/mol. The Morgan fingerprint density at radius 1 is 1.15 bits per heavy atom. The minimum Gasteiger partial charge on any atom is -0.459 e. The molecule has 0 aromatic heterocycles. The molecule has 3 aliphatic rings. The Hall–Kier alpha value is -1.73. The lowest BCUT2D eigenvalue weighted by molar-refractivity contribution is -0.157. The quantitative estimate of drug-likeness (QED) is 0.331. The Morgan fingerprint density at radius 3 is 2.59 bits per heavy atom. The van der Waals surface area contributed by atoms with Gasteiger partial charge in [-0.15, -0.1) is 0 Å². The highest BCUT2D eigenvalue weighted by Gasteiger charge is 2.43. The summed E-state index contributed by atoms with van der Waals surface area (Å²) in [5.41, 5.74) is 0. The van der Waals surface area contributed by atoms with Crippen molar-refractivity contribution in [1.29, 1.82) is 0 Å². The van der Waals surface area contributed by atoms with Crippen LogP contribution in [0.25, 0.3) is 0 Å². The fourth-order valence-electron chi connectivity index (χ4n) is 4.53. The van der Waals surface area contributed by atoms with Crippen LogP contribution >= 0.6 is 0 Å². The number of aliphatic hydroxyl groups excluding tert-OH is 1. The number of esters is 1. The molecular weight excluding hydrogens is 432 g/mol. The number of hydrogen-bond donors (Lipinski definition) is 1. The number of carbonyl (C=O) groups excluding carboxylic acids is 1. The molecule has 3 aliphatic heterocycles. The van der Waals surface area contributed by atoms with E-state index in [4.69, 9.17) is 18.9 Å². The van der Waals surface area contributed by atoms with Gasteiger partial charge in [-0.3, -0.25) is 4.79 Å². The molecule has 190 valence electrons. The van der Waals surface area contributed by atoms with Crippen molar-refractivity contribution in [2.24, 2.45) is 11.8 Å². The fraction of sp³-hybridized carbons (Fsp3) is 0.679. The Balaban J connectivity index is 1.67. The van der Waals surface area contributed by atoms with Gasteiger partial charge in [-0.2, -0.15) is 0 Å². The molecule has 0 bridgehead atoms. The van der Waals surface area contributed by atoms with E-state index in [2.05, 4.69) is 31.2 Å². The van der Waals surface area contributed by atoms with Crippen LogP contribution < -0.4 is 0 Å². The molecule has 6 nitrogen and oxygen atoms in total. The van der Waals surface area contributed by atoms with E-state index in [1.807, 2.05) is 52.0 Å². The molecule has 1 N–H and O–H groups in total. The minimum atomic E-state index is -0.748. The number of aliphatic hydroxyl groups is 1. The lowest BCUT2D eigenvalue weighted by atomic mass is 9.96. The van der Waals surface area contributed by atoms with E-state index in [0.717, 1.165) is 12.8 Å². The van der Waals surface area contributed by atoms with E-state index in [-0.39, 0.29) is 42.2 Å². The number of allylic oxidation sites excluding steroid dienone is 5. The fourth-order valence-corrected chi connectivity index (χ4v) is 4.53. The van der Waals surface area contributed by atoms with E-state index in [1.165, 1.54) is 0 Å². The molecule has 0 aromatic rings. The third-order valence-corrected chi connectivity index (χ3v) is 6.42. The maximum absolute atomic E-state index is 12.7. The normalized spacial score (nSPS) is 37.8. The molecular formula is C28H42O6. The van der Waals surface area contributed by atoms with Gasteiger partial charge in [-0.05, 0) is 51.9 Å². The van der Waals surface area contributed by atoms with Crippen LogP contribution in [0, 0.1) is 11.8 Å². The zero-order valence-electron chi connectivity index (χ0n) is 21.3. The van der Waals surface area contributed by atoms with Gasteiger partial charge in [-0.25, -0.2) is 0 Å².